The second-order valence-corrected chi connectivity index (χ2v) is 4.90. The van der Waals surface area contributed by atoms with Gasteiger partial charge in [-0.3, -0.25) is 4.79 Å². The maximum atomic E-state index is 11.1. The molecule has 0 unspecified atom stereocenters. The molecule has 1 aromatic heterocycles. The van der Waals surface area contributed by atoms with Crippen LogP contribution in [0.1, 0.15) is 27.7 Å². The summed E-state index contributed by atoms with van der Waals surface area (Å²) in [5.41, 5.74) is -0.232. The number of pyridine rings is 1. The highest BCUT2D eigenvalue weighted by Crippen LogP contribution is 2.35. The van der Waals surface area contributed by atoms with Crippen LogP contribution in [0, 0.1) is 0 Å². The summed E-state index contributed by atoms with van der Waals surface area (Å²) in [5, 5.41) is 9.55. The summed E-state index contributed by atoms with van der Waals surface area (Å²) in [5.74, 6) is 0. The molecule has 0 spiro atoms. The summed E-state index contributed by atoms with van der Waals surface area (Å²) in [6.45, 7) is 7.37. The molecule has 1 aromatic rings. The Morgan fingerprint density at radius 3 is 2.33 bits per heavy atom. The Hall–Kier alpha value is -1.03. The van der Waals surface area contributed by atoms with E-state index >= 15 is 0 Å². The normalized spacial score (nSPS) is 12.6. The van der Waals surface area contributed by atoms with Crippen molar-refractivity contribution in [3.8, 4) is 0 Å². The number of nitrogens with one attached hydrogen (secondary N) is 1. The summed E-state index contributed by atoms with van der Waals surface area (Å²) in [4.78, 5) is 13.8. The van der Waals surface area contributed by atoms with Crippen molar-refractivity contribution in [3.63, 3.8) is 0 Å². The fraction of sp³-hybridized carbons (Fsp3) is 0.545. The Morgan fingerprint density at radius 2 is 1.87 bits per heavy atom. The summed E-state index contributed by atoms with van der Waals surface area (Å²) in [7, 11) is 1.87. The summed E-state index contributed by atoms with van der Waals surface area (Å²) < 4.78 is 0. The van der Waals surface area contributed by atoms with Gasteiger partial charge in [-0.25, -0.2) is 0 Å². The third-order valence-corrected chi connectivity index (χ3v) is 2.88. The van der Waals surface area contributed by atoms with E-state index in [0.717, 1.165) is 5.59 Å². The average molecular weight is 206 g/mol. The summed E-state index contributed by atoms with van der Waals surface area (Å²) in [6.07, 6.45) is 0. The van der Waals surface area contributed by atoms with E-state index in [4.69, 9.17) is 0 Å². The largest absolute Gasteiger partial charge is 0.391 e. The van der Waals surface area contributed by atoms with Crippen LogP contribution >= 0.6 is 0 Å². The highest BCUT2D eigenvalue weighted by Gasteiger charge is 2.35. The molecule has 2 N–H and O–H groups in total. The van der Waals surface area contributed by atoms with Crippen molar-refractivity contribution in [2.45, 2.75) is 38.6 Å². The molecule has 0 bridgehead atoms. The molecule has 0 fully saturated rings. The van der Waals surface area contributed by atoms with Crippen LogP contribution in [0.25, 0.3) is 0 Å². The van der Waals surface area contributed by atoms with Gasteiger partial charge in [-0.15, -0.1) is 0 Å². The zero-order valence-corrected chi connectivity index (χ0v) is 9.66. The smallest absolute Gasteiger partial charge is 0.247 e. The highest BCUT2D eigenvalue weighted by molar-refractivity contribution is 6.55. The molecule has 0 aromatic carbocycles. The zero-order chi connectivity index (χ0) is 11.7. The number of aliphatic hydroxyl groups is 1. The van der Waals surface area contributed by atoms with Crippen molar-refractivity contribution in [2.75, 3.05) is 0 Å². The molecule has 0 atom stereocenters. The molecule has 0 aliphatic rings. The average Bonchev–Trinajstić information content (AvgIpc) is 2.00. The van der Waals surface area contributed by atoms with Crippen LogP contribution in [0.2, 0.25) is 5.31 Å². The standard InChI is InChI=1S/C11H17BNO2/c1-10(2,11(3,4)15)12-8-6-5-7-9(14)13-8/h5-7,15H,1-4H3,(H,13,14). The Balaban J connectivity index is 2.91. The number of aromatic nitrogens is 1. The van der Waals surface area contributed by atoms with Crippen LogP contribution in [-0.2, 0) is 0 Å². The SMILES string of the molecule is CC(C)(O)C(C)(C)[B]c1cccc(=O)[nH]1. The maximum Gasteiger partial charge on any atom is 0.247 e. The molecule has 4 heteroatoms. The second-order valence-electron chi connectivity index (χ2n) is 4.90. The van der Waals surface area contributed by atoms with Crippen LogP contribution in [0.4, 0.5) is 0 Å². The predicted molar refractivity (Wildman–Crippen MR) is 62.8 cm³/mol. The van der Waals surface area contributed by atoms with Gasteiger partial charge in [0, 0.05) is 6.07 Å². The van der Waals surface area contributed by atoms with Crippen molar-refractivity contribution in [3.05, 3.63) is 28.6 Å². The molecule has 0 saturated carbocycles. The molecule has 3 nitrogen and oxygen atoms in total. The fourth-order valence-electron chi connectivity index (χ4n) is 1.11. The van der Waals surface area contributed by atoms with Crippen molar-refractivity contribution < 1.29 is 5.11 Å². The van der Waals surface area contributed by atoms with E-state index in [9.17, 15) is 9.90 Å². The Labute approximate surface area is 90.8 Å². The van der Waals surface area contributed by atoms with Crippen LogP contribution < -0.4 is 11.2 Å². The lowest BCUT2D eigenvalue weighted by Crippen LogP contribution is -2.43. The molecule has 0 aliphatic heterocycles. The predicted octanol–water partition coefficient (Wildman–Crippen LogP) is 0.674. The van der Waals surface area contributed by atoms with Gasteiger partial charge in [0.25, 0.3) is 0 Å². The van der Waals surface area contributed by atoms with Gasteiger partial charge in [-0.2, -0.15) is 0 Å². The van der Waals surface area contributed by atoms with Gasteiger partial charge in [0.15, 0.2) is 7.28 Å². The third kappa shape index (κ3) is 2.96. The maximum absolute atomic E-state index is 11.1. The first-order chi connectivity index (χ1) is 6.72. The van der Waals surface area contributed by atoms with E-state index in [-0.39, 0.29) is 5.56 Å². The number of aromatic amines is 1. The van der Waals surface area contributed by atoms with Crippen LogP contribution in [0.5, 0.6) is 0 Å². The molecular weight excluding hydrogens is 189 g/mol. The highest BCUT2D eigenvalue weighted by atomic mass is 16.3. The van der Waals surface area contributed by atoms with Crippen LogP contribution in [-0.4, -0.2) is 23.0 Å². The molecule has 0 saturated heterocycles. The van der Waals surface area contributed by atoms with E-state index in [0.29, 0.717) is 0 Å². The molecule has 1 heterocycles. The lowest BCUT2D eigenvalue weighted by Gasteiger charge is -2.36. The van der Waals surface area contributed by atoms with Gasteiger partial charge in [0.2, 0.25) is 5.56 Å². The minimum atomic E-state index is -0.834. The van der Waals surface area contributed by atoms with E-state index in [1.807, 2.05) is 27.2 Å². The lowest BCUT2D eigenvalue weighted by molar-refractivity contribution is 0.0410. The van der Waals surface area contributed by atoms with Gasteiger partial charge in [-0.1, -0.05) is 26.0 Å². The topological polar surface area (TPSA) is 53.1 Å². The Morgan fingerprint density at radius 1 is 1.27 bits per heavy atom. The number of H-pyrrole nitrogens is 1. The quantitative estimate of drug-likeness (QED) is 0.714. The van der Waals surface area contributed by atoms with E-state index in [2.05, 4.69) is 4.98 Å². The van der Waals surface area contributed by atoms with Gasteiger partial charge >= 0.3 is 0 Å². The van der Waals surface area contributed by atoms with Gasteiger partial charge < -0.3 is 10.1 Å². The number of hydrogen-bond donors (Lipinski definition) is 2. The molecule has 0 aliphatic carbocycles. The van der Waals surface area contributed by atoms with Crippen molar-refractivity contribution >= 4 is 12.9 Å². The molecule has 81 valence electrons. The van der Waals surface area contributed by atoms with Crippen molar-refractivity contribution in [2.24, 2.45) is 0 Å². The van der Waals surface area contributed by atoms with Gasteiger partial charge in [0.05, 0.1) is 5.60 Å². The molecular formula is C11H17BNO2. The molecule has 1 radical (unpaired) electrons. The minimum Gasteiger partial charge on any atom is -0.391 e. The molecule has 1 rings (SSSR count). The first-order valence-corrected chi connectivity index (χ1v) is 5.00. The van der Waals surface area contributed by atoms with Crippen LogP contribution in [0.15, 0.2) is 23.0 Å². The van der Waals surface area contributed by atoms with E-state index in [1.54, 1.807) is 19.9 Å². The van der Waals surface area contributed by atoms with Crippen LogP contribution in [0.3, 0.4) is 0 Å². The summed E-state index contributed by atoms with van der Waals surface area (Å²) >= 11 is 0. The van der Waals surface area contributed by atoms with Crippen molar-refractivity contribution in [1.29, 1.82) is 0 Å². The monoisotopic (exact) mass is 206 g/mol. The third-order valence-electron chi connectivity index (χ3n) is 2.88. The lowest BCUT2D eigenvalue weighted by atomic mass is 9.46. The van der Waals surface area contributed by atoms with Gasteiger partial charge in [-0.05, 0) is 24.8 Å². The fourth-order valence-corrected chi connectivity index (χ4v) is 1.11. The minimum absolute atomic E-state index is 0.129. The van der Waals surface area contributed by atoms with E-state index in [1.165, 1.54) is 6.07 Å². The second kappa shape index (κ2) is 3.85. The Bertz CT molecular complexity index is 390. The number of hydrogen-bond acceptors (Lipinski definition) is 2. The number of rotatable bonds is 3. The van der Waals surface area contributed by atoms with Gasteiger partial charge in [0.1, 0.15) is 0 Å². The first-order valence-electron chi connectivity index (χ1n) is 5.00. The Kier molecular flexibility index (Phi) is 3.09. The van der Waals surface area contributed by atoms with E-state index < -0.39 is 10.9 Å². The van der Waals surface area contributed by atoms with Crippen molar-refractivity contribution in [1.82, 2.24) is 4.98 Å². The first kappa shape index (κ1) is 12.0. The zero-order valence-electron chi connectivity index (χ0n) is 9.66. The molecule has 15 heavy (non-hydrogen) atoms. The summed E-state index contributed by atoms with van der Waals surface area (Å²) in [6, 6.07) is 4.98. The molecule has 0 amide bonds.